The zero-order valence-electron chi connectivity index (χ0n) is 10.5. The third-order valence-corrected chi connectivity index (χ3v) is 2.18. The molecular formula is C13H26O2. The van der Waals surface area contributed by atoms with E-state index in [9.17, 15) is 0 Å². The number of hydrogen-bond donors (Lipinski definition) is 0. The van der Waals surface area contributed by atoms with Gasteiger partial charge < -0.3 is 9.47 Å². The largest absolute Gasteiger partial charge is 0.349 e. The fraction of sp³-hybridized carbons (Fsp3) is 0.846. The molecule has 0 aliphatic carbocycles. The first-order chi connectivity index (χ1) is 7.35. The number of allylic oxidation sites excluding steroid dienone is 1. The van der Waals surface area contributed by atoms with Crippen LogP contribution in [0.25, 0.3) is 0 Å². The van der Waals surface area contributed by atoms with Crippen LogP contribution in [0.5, 0.6) is 0 Å². The Morgan fingerprint density at radius 1 is 0.933 bits per heavy atom. The molecule has 90 valence electrons. The molecule has 0 aromatic rings. The highest BCUT2D eigenvalue weighted by Crippen LogP contribution is 2.04. The van der Waals surface area contributed by atoms with Crippen molar-refractivity contribution in [1.82, 2.24) is 0 Å². The van der Waals surface area contributed by atoms with Crippen molar-refractivity contribution in [3.63, 3.8) is 0 Å². The van der Waals surface area contributed by atoms with Gasteiger partial charge in [-0.15, -0.1) is 0 Å². The smallest absolute Gasteiger partial charge is 0.176 e. The molecule has 0 amide bonds. The molecule has 0 aromatic heterocycles. The van der Waals surface area contributed by atoms with Gasteiger partial charge in [-0.1, -0.05) is 32.3 Å². The zero-order chi connectivity index (χ0) is 11.4. The first kappa shape index (κ1) is 14.7. The average molecular weight is 214 g/mol. The van der Waals surface area contributed by atoms with Crippen molar-refractivity contribution >= 4 is 0 Å². The Kier molecular flexibility index (Phi) is 11.5. The molecule has 0 aromatic carbocycles. The number of unbranched alkanes of at least 4 members (excludes halogenated alkanes) is 4. The van der Waals surface area contributed by atoms with Crippen molar-refractivity contribution in [3.8, 4) is 0 Å². The van der Waals surface area contributed by atoms with E-state index in [0.29, 0.717) is 13.2 Å². The molecule has 0 fully saturated rings. The second-order valence-electron chi connectivity index (χ2n) is 3.56. The molecule has 0 saturated carbocycles. The molecule has 0 spiro atoms. The van der Waals surface area contributed by atoms with Gasteiger partial charge in [-0.2, -0.15) is 0 Å². The minimum Gasteiger partial charge on any atom is -0.349 e. The van der Waals surface area contributed by atoms with Crippen molar-refractivity contribution in [3.05, 3.63) is 12.2 Å². The van der Waals surface area contributed by atoms with Crippen molar-refractivity contribution < 1.29 is 9.47 Å². The molecule has 0 bridgehead atoms. The normalized spacial score (nSPS) is 11.7. The SMILES string of the molecule is CCCCCC/C=C\C(OCC)OCC. The molecule has 0 unspecified atom stereocenters. The Labute approximate surface area is 94.7 Å². The summed E-state index contributed by atoms with van der Waals surface area (Å²) in [5, 5.41) is 0. The van der Waals surface area contributed by atoms with Crippen molar-refractivity contribution in [1.29, 1.82) is 0 Å². The van der Waals surface area contributed by atoms with E-state index in [-0.39, 0.29) is 6.29 Å². The maximum Gasteiger partial charge on any atom is 0.176 e. The average Bonchev–Trinajstić information content (AvgIpc) is 2.24. The Morgan fingerprint density at radius 3 is 2.13 bits per heavy atom. The van der Waals surface area contributed by atoms with Gasteiger partial charge >= 0.3 is 0 Å². The molecule has 0 N–H and O–H groups in total. The summed E-state index contributed by atoms with van der Waals surface area (Å²) in [5.41, 5.74) is 0. The second kappa shape index (κ2) is 11.7. The van der Waals surface area contributed by atoms with Gasteiger partial charge in [0, 0.05) is 13.2 Å². The maximum atomic E-state index is 5.40. The summed E-state index contributed by atoms with van der Waals surface area (Å²) < 4.78 is 10.8. The van der Waals surface area contributed by atoms with Crippen molar-refractivity contribution in [2.75, 3.05) is 13.2 Å². The summed E-state index contributed by atoms with van der Waals surface area (Å²) in [6.45, 7) is 7.61. The minimum absolute atomic E-state index is 0.147. The Bertz CT molecular complexity index is 137. The second-order valence-corrected chi connectivity index (χ2v) is 3.56. The first-order valence-corrected chi connectivity index (χ1v) is 6.24. The van der Waals surface area contributed by atoms with Gasteiger partial charge in [-0.05, 0) is 32.8 Å². The third-order valence-electron chi connectivity index (χ3n) is 2.18. The highest BCUT2D eigenvalue weighted by Gasteiger charge is 2.00. The number of hydrogen-bond acceptors (Lipinski definition) is 2. The van der Waals surface area contributed by atoms with Gasteiger partial charge in [-0.25, -0.2) is 0 Å². The van der Waals surface area contributed by atoms with Crippen LogP contribution in [0.1, 0.15) is 52.9 Å². The summed E-state index contributed by atoms with van der Waals surface area (Å²) in [6.07, 6.45) is 10.4. The molecule has 0 atom stereocenters. The molecule has 0 radical (unpaired) electrons. The van der Waals surface area contributed by atoms with Crippen LogP contribution in [0, 0.1) is 0 Å². The van der Waals surface area contributed by atoms with Crippen LogP contribution < -0.4 is 0 Å². The topological polar surface area (TPSA) is 18.5 Å². The molecular weight excluding hydrogens is 188 g/mol. The predicted molar refractivity (Wildman–Crippen MR) is 64.9 cm³/mol. The minimum atomic E-state index is -0.147. The van der Waals surface area contributed by atoms with E-state index in [1.54, 1.807) is 0 Å². The lowest BCUT2D eigenvalue weighted by Crippen LogP contribution is -2.14. The van der Waals surface area contributed by atoms with Crippen LogP contribution in [0.2, 0.25) is 0 Å². The highest BCUT2D eigenvalue weighted by molar-refractivity contribution is 4.85. The van der Waals surface area contributed by atoms with E-state index in [0.717, 1.165) is 6.42 Å². The fourth-order valence-corrected chi connectivity index (χ4v) is 1.38. The summed E-state index contributed by atoms with van der Waals surface area (Å²) in [5.74, 6) is 0. The Balaban J connectivity index is 3.50. The quantitative estimate of drug-likeness (QED) is 0.312. The van der Waals surface area contributed by atoms with Crippen LogP contribution in [-0.2, 0) is 9.47 Å². The van der Waals surface area contributed by atoms with Crippen LogP contribution in [0.3, 0.4) is 0 Å². The molecule has 0 rings (SSSR count). The van der Waals surface area contributed by atoms with Crippen LogP contribution >= 0.6 is 0 Å². The van der Waals surface area contributed by atoms with Crippen LogP contribution in [0.15, 0.2) is 12.2 Å². The molecule has 0 aliphatic rings. The van der Waals surface area contributed by atoms with Gasteiger partial charge in [0.05, 0.1) is 0 Å². The van der Waals surface area contributed by atoms with Gasteiger partial charge in [0.1, 0.15) is 0 Å². The first-order valence-electron chi connectivity index (χ1n) is 6.24. The standard InChI is InChI=1S/C13H26O2/c1-4-7-8-9-10-11-12-13(14-5-2)15-6-3/h11-13H,4-10H2,1-3H3/b12-11-. The van der Waals surface area contributed by atoms with Gasteiger partial charge in [0.2, 0.25) is 0 Å². The highest BCUT2D eigenvalue weighted by atomic mass is 16.7. The van der Waals surface area contributed by atoms with Crippen molar-refractivity contribution in [2.45, 2.75) is 59.2 Å². The van der Waals surface area contributed by atoms with Gasteiger partial charge in [0.25, 0.3) is 0 Å². The molecule has 2 nitrogen and oxygen atoms in total. The predicted octanol–water partition coefficient (Wildman–Crippen LogP) is 3.91. The van der Waals surface area contributed by atoms with Gasteiger partial charge in [-0.3, -0.25) is 0 Å². The van der Waals surface area contributed by atoms with Crippen molar-refractivity contribution in [2.24, 2.45) is 0 Å². The number of rotatable bonds is 10. The molecule has 2 heteroatoms. The van der Waals surface area contributed by atoms with E-state index in [1.165, 1.54) is 25.7 Å². The van der Waals surface area contributed by atoms with Gasteiger partial charge in [0.15, 0.2) is 6.29 Å². The summed E-state index contributed by atoms with van der Waals surface area (Å²) in [6, 6.07) is 0. The molecule has 0 heterocycles. The van der Waals surface area contributed by atoms with Crippen LogP contribution in [-0.4, -0.2) is 19.5 Å². The molecule has 0 saturated heterocycles. The fourth-order valence-electron chi connectivity index (χ4n) is 1.38. The van der Waals surface area contributed by atoms with E-state index >= 15 is 0 Å². The summed E-state index contributed by atoms with van der Waals surface area (Å²) >= 11 is 0. The van der Waals surface area contributed by atoms with E-state index in [2.05, 4.69) is 13.0 Å². The lowest BCUT2D eigenvalue weighted by atomic mass is 10.1. The lowest BCUT2D eigenvalue weighted by Gasteiger charge is -2.12. The zero-order valence-corrected chi connectivity index (χ0v) is 10.5. The monoisotopic (exact) mass is 214 g/mol. The maximum absolute atomic E-state index is 5.40. The van der Waals surface area contributed by atoms with E-state index in [4.69, 9.17) is 9.47 Å². The summed E-state index contributed by atoms with van der Waals surface area (Å²) in [4.78, 5) is 0. The third kappa shape index (κ3) is 9.95. The Morgan fingerprint density at radius 2 is 1.60 bits per heavy atom. The van der Waals surface area contributed by atoms with Crippen LogP contribution in [0.4, 0.5) is 0 Å². The van der Waals surface area contributed by atoms with E-state index < -0.39 is 0 Å². The summed E-state index contributed by atoms with van der Waals surface area (Å²) in [7, 11) is 0. The lowest BCUT2D eigenvalue weighted by molar-refractivity contribution is -0.104. The Hall–Kier alpha value is -0.340. The molecule has 15 heavy (non-hydrogen) atoms. The number of ether oxygens (including phenoxy) is 2. The van der Waals surface area contributed by atoms with E-state index in [1.807, 2.05) is 19.9 Å². The molecule has 0 aliphatic heterocycles.